The summed E-state index contributed by atoms with van der Waals surface area (Å²) in [6, 6.07) is 9.28. The number of hydroxylamine groups is 1. The Morgan fingerprint density at radius 1 is 1.08 bits per heavy atom. The first kappa shape index (κ1) is 30.7. The van der Waals surface area contributed by atoms with E-state index in [1.54, 1.807) is 6.92 Å². The van der Waals surface area contributed by atoms with Crippen LogP contribution in [0.3, 0.4) is 0 Å². The first-order valence-electron chi connectivity index (χ1n) is 13.6. The Morgan fingerprint density at radius 3 is 2.35 bits per heavy atom. The second-order valence-electron chi connectivity index (χ2n) is 10.7. The smallest absolute Gasteiger partial charge is 0.257 e. The minimum Gasteiger partial charge on any atom is -0.350 e. The van der Waals surface area contributed by atoms with Crippen molar-refractivity contribution in [2.24, 2.45) is 29.4 Å². The third kappa shape index (κ3) is 10.4. The van der Waals surface area contributed by atoms with Crippen LogP contribution in [0.4, 0.5) is 0 Å². The summed E-state index contributed by atoms with van der Waals surface area (Å²) in [5.41, 5.74) is 12.4. The first-order valence-corrected chi connectivity index (χ1v) is 13.6. The summed E-state index contributed by atoms with van der Waals surface area (Å²) >= 11 is 0. The summed E-state index contributed by atoms with van der Waals surface area (Å²) in [6.07, 6.45) is 4.14. The lowest BCUT2D eigenvalue weighted by Crippen LogP contribution is -2.56. The lowest BCUT2D eigenvalue weighted by molar-refractivity contribution is -0.203. The Labute approximate surface area is 221 Å². The third-order valence-corrected chi connectivity index (χ3v) is 6.49. The molecule has 1 heterocycles. The van der Waals surface area contributed by atoms with Gasteiger partial charge in [-0.3, -0.25) is 24.8 Å². The SMILES string of the molecule is CC(C)CN(NC(=O)C(C(C)C)C(CCCc1ccccc1)C(=O)NO[C@@H]1CCCCO1)C(=O)[C@@H](C)N. The van der Waals surface area contributed by atoms with E-state index in [0.29, 0.717) is 32.4 Å². The van der Waals surface area contributed by atoms with Gasteiger partial charge >= 0.3 is 0 Å². The molecule has 0 bridgehead atoms. The maximum absolute atomic E-state index is 13.6. The predicted octanol–water partition coefficient (Wildman–Crippen LogP) is 3.34. The summed E-state index contributed by atoms with van der Waals surface area (Å²) in [4.78, 5) is 45.3. The average Bonchev–Trinajstić information content (AvgIpc) is 2.86. The Balaban J connectivity index is 2.19. The molecule has 0 spiro atoms. The average molecular weight is 519 g/mol. The van der Waals surface area contributed by atoms with Gasteiger partial charge in [0.15, 0.2) is 6.29 Å². The van der Waals surface area contributed by atoms with Crippen molar-refractivity contribution in [2.45, 2.75) is 85.5 Å². The highest BCUT2D eigenvalue weighted by molar-refractivity contribution is 5.89. The fourth-order valence-electron chi connectivity index (χ4n) is 4.61. The number of rotatable bonds is 13. The van der Waals surface area contributed by atoms with E-state index in [1.807, 2.05) is 45.9 Å². The van der Waals surface area contributed by atoms with Gasteiger partial charge in [-0.15, -0.1) is 0 Å². The van der Waals surface area contributed by atoms with Crippen molar-refractivity contribution in [1.29, 1.82) is 0 Å². The number of hydrogen-bond acceptors (Lipinski definition) is 6. The lowest BCUT2D eigenvalue weighted by atomic mass is 9.79. The second-order valence-corrected chi connectivity index (χ2v) is 10.7. The monoisotopic (exact) mass is 518 g/mol. The van der Waals surface area contributed by atoms with E-state index in [2.05, 4.69) is 23.0 Å². The van der Waals surface area contributed by atoms with Crippen LogP contribution in [0.2, 0.25) is 0 Å². The summed E-state index contributed by atoms with van der Waals surface area (Å²) < 4.78 is 5.57. The molecule has 0 radical (unpaired) electrons. The molecular formula is C28H46N4O5. The lowest BCUT2D eigenvalue weighted by Gasteiger charge is -2.33. The largest absolute Gasteiger partial charge is 0.350 e. The fourth-order valence-corrected chi connectivity index (χ4v) is 4.61. The van der Waals surface area contributed by atoms with Crippen LogP contribution in [0.1, 0.15) is 72.3 Å². The molecule has 37 heavy (non-hydrogen) atoms. The number of nitrogens with zero attached hydrogens (tertiary/aromatic N) is 1. The van der Waals surface area contributed by atoms with E-state index in [9.17, 15) is 14.4 Å². The van der Waals surface area contributed by atoms with E-state index in [1.165, 1.54) is 10.6 Å². The van der Waals surface area contributed by atoms with Gasteiger partial charge in [0.05, 0.1) is 17.9 Å². The standard InChI is InChI=1S/C28H46N4O5/c1-19(2)18-32(28(35)21(5)29)30-27(34)25(20(3)4)23(15-11-14-22-12-7-6-8-13-22)26(33)31-37-24-16-9-10-17-36-24/h6-8,12-13,19-21,23-25H,9-11,14-18,29H2,1-5H3,(H,30,34)(H,31,33)/t21-,23?,24-,25?/m1/s1. The molecule has 0 aliphatic carbocycles. The van der Waals surface area contributed by atoms with Crippen molar-refractivity contribution in [3.8, 4) is 0 Å². The quantitative estimate of drug-likeness (QED) is 0.344. The number of hydrogen-bond donors (Lipinski definition) is 3. The Bertz CT molecular complexity index is 840. The van der Waals surface area contributed by atoms with E-state index in [4.69, 9.17) is 15.3 Å². The number of benzene rings is 1. The van der Waals surface area contributed by atoms with Crippen LogP contribution in [0.25, 0.3) is 0 Å². The van der Waals surface area contributed by atoms with Crippen LogP contribution in [0.5, 0.6) is 0 Å². The maximum Gasteiger partial charge on any atom is 0.257 e. The predicted molar refractivity (Wildman–Crippen MR) is 142 cm³/mol. The molecule has 0 saturated carbocycles. The molecule has 4 atom stereocenters. The van der Waals surface area contributed by atoms with Crippen molar-refractivity contribution < 1.29 is 24.0 Å². The zero-order chi connectivity index (χ0) is 27.4. The summed E-state index contributed by atoms with van der Waals surface area (Å²) in [5.74, 6) is -2.48. The molecule has 9 heteroatoms. The van der Waals surface area contributed by atoms with Gasteiger partial charge in [-0.2, -0.15) is 0 Å². The van der Waals surface area contributed by atoms with Crippen molar-refractivity contribution in [1.82, 2.24) is 15.9 Å². The van der Waals surface area contributed by atoms with Gasteiger partial charge in [-0.25, -0.2) is 10.3 Å². The number of carbonyl (C=O) groups is 3. The maximum atomic E-state index is 13.6. The highest BCUT2D eigenvalue weighted by Crippen LogP contribution is 2.27. The first-order chi connectivity index (χ1) is 17.6. The molecule has 1 aromatic rings. The zero-order valence-corrected chi connectivity index (χ0v) is 23.1. The van der Waals surface area contributed by atoms with Crippen LogP contribution in [-0.4, -0.2) is 48.2 Å². The highest BCUT2D eigenvalue weighted by atomic mass is 16.8. The van der Waals surface area contributed by atoms with E-state index >= 15 is 0 Å². The second kappa shape index (κ2) is 15.7. The number of ether oxygens (including phenoxy) is 1. The van der Waals surface area contributed by atoms with Crippen LogP contribution in [0, 0.1) is 23.7 Å². The molecule has 1 aliphatic heterocycles. The van der Waals surface area contributed by atoms with Crippen molar-refractivity contribution in [3.63, 3.8) is 0 Å². The molecule has 1 fully saturated rings. The molecular weight excluding hydrogens is 472 g/mol. The van der Waals surface area contributed by atoms with Crippen LogP contribution < -0.4 is 16.6 Å². The van der Waals surface area contributed by atoms with Crippen molar-refractivity contribution >= 4 is 17.7 Å². The van der Waals surface area contributed by atoms with E-state index < -0.39 is 24.2 Å². The fraction of sp³-hybridized carbons (Fsp3) is 0.679. The third-order valence-electron chi connectivity index (χ3n) is 6.49. The molecule has 3 amide bonds. The summed E-state index contributed by atoms with van der Waals surface area (Å²) in [6.45, 7) is 10.2. The minimum atomic E-state index is -0.759. The normalized spacial score (nSPS) is 18.2. The van der Waals surface area contributed by atoms with Gasteiger partial charge in [0.1, 0.15) is 0 Å². The molecule has 0 aromatic heterocycles. The summed E-state index contributed by atoms with van der Waals surface area (Å²) in [7, 11) is 0. The van der Waals surface area contributed by atoms with Gasteiger partial charge in [0, 0.05) is 19.6 Å². The van der Waals surface area contributed by atoms with E-state index in [0.717, 1.165) is 19.3 Å². The summed E-state index contributed by atoms with van der Waals surface area (Å²) in [5, 5.41) is 1.29. The number of nitrogens with two attached hydrogens (primary N) is 1. The van der Waals surface area contributed by atoms with Crippen LogP contribution in [0.15, 0.2) is 30.3 Å². The Morgan fingerprint density at radius 2 is 1.78 bits per heavy atom. The van der Waals surface area contributed by atoms with Crippen molar-refractivity contribution in [2.75, 3.05) is 13.2 Å². The van der Waals surface area contributed by atoms with Gasteiger partial charge in [-0.1, -0.05) is 58.0 Å². The molecule has 208 valence electrons. The minimum absolute atomic E-state index is 0.120. The van der Waals surface area contributed by atoms with Gasteiger partial charge < -0.3 is 10.5 Å². The van der Waals surface area contributed by atoms with Crippen LogP contribution in [-0.2, 0) is 30.4 Å². The molecule has 2 unspecified atom stereocenters. The van der Waals surface area contributed by atoms with Gasteiger partial charge in [-0.05, 0) is 56.4 Å². The number of hydrazine groups is 1. The highest BCUT2D eigenvalue weighted by Gasteiger charge is 2.37. The van der Waals surface area contributed by atoms with E-state index in [-0.39, 0.29) is 29.6 Å². The number of carbonyl (C=O) groups excluding carboxylic acids is 3. The Hall–Kier alpha value is -2.49. The number of amides is 3. The topological polar surface area (TPSA) is 123 Å². The molecule has 4 N–H and O–H groups in total. The number of aryl methyl sites for hydroxylation is 1. The molecule has 9 nitrogen and oxygen atoms in total. The zero-order valence-electron chi connectivity index (χ0n) is 23.1. The van der Waals surface area contributed by atoms with Crippen molar-refractivity contribution in [3.05, 3.63) is 35.9 Å². The molecule has 1 saturated heterocycles. The molecule has 1 aromatic carbocycles. The van der Waals surface area contributed by atoms with Crippen LogP contribution >= 0.6 is 0 Å². The Kier molecular flexibility index (Phi) is 13.0. The molecule has 2 rings (SSSR count). The van der Waals surface area contributed by atoms with Gasteiger partial charge in [0.25, 0.3) is 5.91 Å². The number of nitrogens with one attached hydrogen (secondary N) is 2. The van der Waals surface area contributed by atoms with Gasteiger partial charge in [0.2, 0.25) is 11.8 Å². The molecule has 1 aliphatic rings.